The van der Waals surface area contributed by atoms with Crippen LogP contribution in [0.2, 0.25) is 0 Å². The molecule has 0 aromatic heterocycles. The molecule has 3 rings (SSSR count). The molecule has 2 aromatic carbocycles. The highest BCUT2D eigenvalue weighted by Crippen LogP contribution is 2.18. The molecule has 29 heavy (non-hydrogen) atoms. The summed E-state index contributed by atoms with van der Waals surface area (Å²) in [5.41, 5.74) is 4.53. The fraction of sp³-hybridized carbons (Fsp3) is 0.333. The summed E-state index contributed by atoms with van der Waals surface area (Å²) in [5, 5.41) is 2.93. The molecule has 2 N–H and O–H groups in total. The van der Waals surface area contributed by atoms with E-state index in [1.54, 1.807) is 7.05 Å². The number of anilines is 1. The van der Waals surface area contributed by atoms with Gasteiger partial charge in [0.2, 0.25) is 5.91 Å². The fourth-order valence-electron chi connectivity index (χ4n) is 3.65. The molecule has 1 aliphatic rings. The highest BCUT2D eigenvalue weighted by molar-refractivity contribution is 5.95. The Kier molecular flexibility index (Phi) is 7.19. The van der Waals surface area contributed by atoms with Gasteiger partial charge in [-0.1, -0.05) is 55.5 Å². The zero-order valence-electron chi connectivity index (χ0n) is 17.3. The van der Waals surface area contributed by atoms with E-state index >= 15 is 0 Å². The van der Waals surface area contributed by atoms with Crippen LogP contribution in [-0.4, -0.2) is 49.9 Å². The van der Waals surface area contributed by atoms with Gasteiger partial charge in [0.1, 0.15) is 0 Å². The maximum Gasteiger partial charge on any atom is 0.277 e. The molecule has 1 aliphatic heterocycles. The van der Waals surface area contributed by atoms with E-state index < -0.39 is 0 Å². The summed E-state index contributed by atoms with van der Waals surface area (Å²) in [6.07, 6.45) is 4.04. The first-order chi connectivity index (χ1) is 14.1. The fourth-order valence-corrected chi connectivity index (χ4v) is 3.65. The van der Waals surface area contributed by atoms with Crippen LogP contribution in [0.3, 0.4) is 0 Å². The molecule has 0 aliphatic carbocycles. The topological polar surface area (TPSA) is 53.9 Å². The van der Waals surface area contributed by atoms with Gasteiger partial charge in [0.25, 0.3) is 5.91 Å². The number of hydrogen-bond donors (Lipinski definition) is 2. The lowest BCUT2D eigenvalue weighted by Crippen LogP contribution is -3.13. The SMILES string of the molecule is CCc1ccccc1NC(=O)CN(C)C(=O)C[NH+]1CC=C(c2ccccc2)CC1. The molecule has 2 aromatic rings. The normalized spacial score (nSPS) is 16.1. The van der Waals surface area contributed by atoms with Crippen LogP contribution in [0.1, 0.15) is 24.5 Å². The van der Waals surface area contributed by atoms with Gasteiger partial charge < -0.3 is 15.1 Å². The molecule has 0 bridgehead atoms. The zero-order chi connectivity index (χ0) is 20.6. The maximum atomic E-state index is 12.6. The Morgan fingerprint density at radius 2 is 1.79 bits per heavy atom. The van der Waals surface area contributed by atoms with Crippen molar-refractivity contribution in [2.24, 2.45) is 0 Å². The van der Waals surface area contributed by atoms with Gasteiger partial charge in [-0.15, -0.1) is 0 Å². The van der Waals surface area contributed by atoms with Crippen molar-refractivity contribution < 1.29 is 14.5 Å². The third-order valence-corrected chi connectivity index (χ3v) is 5.41. The summed E-state index contributed by atoms with van der Waals surface area (Å²) < 4.78 is 0. The molecule has 2 amide bonds. The van der Waals surface area contributed by atoms with E-state index in [9.17, 15) is 9.59 Å². The molecular weight excluding hydrogens is 362 g/mol. The Bertz CT molecular complexity index is 877. The van der Waals surface area contributed by atoms with Gasteiger partial charge in [-0.05, 0) is 35.3 Å². The van der Waals surface area contributed by atoms with Crippen molar-refractivity contribution in [1.29, 1.82) is 0 Å². The van der Waals surface area contributed by atoms with Crippen LogP contribution < -0.4 is 10.2 Å². The number of rotatable bonds is 7. The van der Waals surface area contributed by atoms with Crippen LogP contribution in [0, 0.1) is 0 Å². The van der Waals surface area contributed by atoms with E-state index in [0.717, 1.165) is 37.2 Å². The number of carbonyl (C=O) groups is 2. The van der Waals surface area contributed by atoms with E-state index in [-0.39, 0.29) is 18.4 Å². The number of carbonyl (C=O) groups excluding carboxylic acids is 2. The second-order valence-corrected chi connectivity index (χ2v) is 7.53. The number of para-hydroxylation sites is 1. The number of amides is 2. The molecule has 1 atom stereocenters. The van der Waals surface area contributed by atoms with Crippen molar-refractivity contribution in [3.8, 4) is 0 Å². The van der Waals surface area contributed by atoms with Crippen LogP contribution in [0.5, 0.6) is 0 Å². The summed E-state index contributed by atoms with van der Waals surface area (Å²) in [5.74, 6) is -0.169. The Morgan fingerprint density at radius 3 is 2.48 bits per heavy atom. The second-order valence-electron chi connectivity index (χ2n) is 7.53. The average Bonchev–Trinajstić information content (AvgIpc) is 2.75. The van der Waals surface area contributed by atoms with Gasteiger partial charge in [-0.3, -0.25) is 9.59 Å². The Labute approximate surface area is 173 Å². The van der Waals surface area contributed by atoms with E-state index in [1.165, 1.54) is 20.9 Å². The van der Waals surface area contributed by atoms with Gasteiger partial charge >= 0.3 is 0 Å². The Morgan fingerprint density at radius 1 is 1.07 bits per heavy atom. The van der Waals surface area contributed by atoms with Gasteiger partial charge in [0.15, 0.2) is 6.54 Å². The quantitative estimate of drug-likeness (QED) is 0.758. The molecule has 1 unspecified atom stereocenters. The molecule has 0 spiro atoms. The number of hydrogen-bond acceptors (Lipinski definition) is 2. The van der Waals surface area contributed by atoms with Crippen molar-refractivity contribution in [3.63, 3.8) is 0 Å². The Balaban J connectivity index is 1.48. The van der Waals surface area contributed by atoms with Crippen molar-refractivity contribution in [3.05, 3.63) is 71.8 Å². The molecule has 0 radical (unpaired) electrons. The summed E-state index contributed by atoms with van der Waals surface area (Å²) >= 11 is 0. The van der Waals surface area contributed by atoms with Crippen LogP contribution in [0.4, 0.5) is 5.69 Å². The lowest BCUT2D eigenvalue weighted by Gasteiger charge is -2.25. The first kappa shape index (κ1) is 20.8. The first-order valence-electron chi connectivity index (χ1n) is 10.3. The van der Waals surface area contributed by atoms with E-state index in [4.69, 9.17) is 0 Å². The number of nitrogens with zero attached hydrogens (tertiary/aromatic N) is 1. The number of nitrogens with one attached hydrogen (secondary N) is 2. The minimum absolute atomic E-state index is 0.00418. The average molecular weight is 393 g/mol. The number of aryl methyl sites for hydroxylation is 1. The van der Waals surface area contributed by atoms with E-state index in [1.807, 2.05) is 30.3 Å². The van der Waals surface area contributed by atoms with Gasteiger partial charge in [0, 0.05) is 19.2 Å². The standard InChI is InChI=1S/C24H29N3O2/c1-3-19-9-7-8-12-22(19)25-23(28)17-26(2)24(29)18-27-15-13-21(14-16-27)20-10-5-4-6-11-20/h4-13H,3,14-18H2,1-2H3,(H,25,28)/p+1. The number of quaternary nitrogens is 1. The molecule has 5 nitrogen and oxygen atoms in total. The van der Waals surface area contributed by atoms with Crippen molar-refractivity contribution >= 4 is 23.1 Å². The van der Waals surface area contributed by atoms with Gasteiger partial charge in [-0.2, -0.15) is 0 Å². The third-order valence-electron chi connectivity index (χ3n) is 5.41. The highest BCUT2D eigenvalue weighted by atomic mass is 16.2. The minimum atomic E-state index is -0.165. The molecule has 152 valence electrons. The smallest absolute Gasteiger partial charge is 0.277 e. The zero-order valence-corrected chi connectivity index (χ0v) is 17.3. The minimum Gasteiger partial charge on any atom is -0.332 e. The van der Waals surface area contributed by atoms with Crippen LogP contribution in [0.25, 0.3) is 5.57 Å². The first-order valence-corrected chi connectivity index (χ1v) is 10.3. The van der Waals surface area contributed by atoms with E-state index in [2.05, 4.69) is 42.6 Å². The summed E-state index contributed by atoms with van der Waals surface area (Å²) in [6.45, 7) is 4.29. The summed E-state index contributed by atoms with van der Waals surface area (Å²) in [7, 11) is 1.70. The molecule has 0 saturated heterocycles. The lowest BCUT2D eigenvalue weighted by molar-refractivity contribution is -0.887. The largest absolute Gasteiger partial charge is 0.332 e. The predicted octanol–water partition coefficient (Wildman–Crippen LogP) is 2.02. The number of likely N-dealkylation sites (N-methyl/N-ethyl adjacent to an activating group) is 1. The highest BCUT2D eigenvalue weighted by Gasteiger charge is 2.22. The molecular formula is C24H30N3O2+. The van der Waals surface area contributed by atoms with Crippen LogP contribution >= 0.6 is 0 Å². The van der Waals surface area contributed by atoms with Gasteiger partial charge in [-0.25, -0.2) is 0 Å². The van der Waals surface area contributed by atoms with E-state index in [0.29, 0.717) is 6.54 Å². The third kappa shape index (κ3) is 5.78. The molecule has 5 heteroatoms. The summed E-state index contributed by atoms with van der Waals surface area (Å²) in [6, 6.07) is 18.2. The number of benzene rings is 2. The van der Waals surface area contributed by atoms with Gasteiger partial charge in [0.05, 0.1) is 19.6 Å². The van der Waals surface area contributed by atoms with Crippen molar-refractivity contribution in [1.82, 2.24) is 4.90 Å². The monoisotopic (exact) mass is 392 g/mol. The predicted molar refractivity (Wildman–Crippen MR) is 117 cm³/mol. The van der Waals surface area contributed by atoms with Crippen molar-refractivity contribution in [2.45, 2.75) is 19.8 Å². The lowest BCUT2D eigenvalue weighted by atomic mass is 10.00. The van der Waals surface area contributed by atoms with Crippen molar-refractivity contribution in [2.75, 3.05) is 38.5 Å². The molecule has 0 fully saturated rings. The molecule has 1 heterocycles. The second kappa shape index (κ2) is 10.0. The maximum absolute atomic E-state index is 12.6. The van der Waals surface area contributed by atoms with Crippen LogP contribution in [-0.2, 0) is 16.0 Å². The molecule has 0 saturated carbocycles. The van der Waals surface area contributed by atoms with Crippen LogP contribution in [0.15, 0.2) is 60.7 Å². The summed E-state index contributed by atoms with van der Waals surface area (Å²) in [4.78, 5) is 27.7. The Hall–Kier alpha value is -2.92.